The van der Waals surface area contributed by atoms with Crippen LogP contribution in [-0.4, -0.2) is 19.5 Å². The van der Waals surface area contributed by atoms with Crippen LogP contribution in [0.3, 0.4) is 0 Å². The topological polar surface area (TPSA) is 26.3 Å². The van der Waals surface area contributed by atoms with E-state index in [-0.39, 0.29) is 5.92 Å². The van der Waals surface area contributed by atoms with Crippen molar-refractivity contribution in [3.8, 4) is 0 Å². The van der Waals surface area contributed by atoms with Crippen molar-refractivity contribution in [2.45, 2.75) is 52.1 Å². The summed E-state index contributed by atoms with van der Waals surface area (Å²) in [5, 5.41) is 0. The summed E-state index contributed by atoms with van der Waals surface area (Å²) in [4.78, 5) is 11.0. The molecule has 2 rings (SSSR count). The third-order valence-electron chi connectivity index (χ3n) is 5.29. The van der Waals surface area contributed by atoms with Crippen LogP contribution < -0.4 is 0 Å². The van der Waals surface area contributed by atoms with Crippen LogP contribution in [0, 0.1) is 23.2 Å². The fourth-order valence-electron chi connectivity index (χ4n) is 4.40. The Hall–Kier alpha value is -0.370. The van der Waals surface area contributed by atoms with Crippen molar-refractivity contribution in [2.75, 3.05) is 7.11 Å². The Kier molecular flexibility index (Phi) is 3.39. The second kappa shape index (κ2) is 4.48. The minimum absolute atomic E-state index is 0.214. The molecule has 16 heavy (non-hydrogen) atoms. The Morgan fingerprint density at radius 2 is 2.12 bits per heavy atom. The summed E-state index contributed by atoms with van der Waals surface area (Å²) in [6, 6.07) is 0. The van der Waals surface area contributed by atoms with E-state index >= 15 is 0 Å². The maximum absolute atomic E-state index is 11.0. The molecule has 2 nitrogen and oxygen atoms in total. The second-order valence-electron chi connectivity index (χ2n) is 5.96. The highest BCUT2D eigenvalue weighted by atomic mass is 16.5. The molecule has 0 aromatic carbocycles. The van der Waals surface area contributed by atoms with E-state index in [0.717, 1.165) is 6.29 Å². The van der Waals surface area contributed by atoms with Crippen molar-refractivity contribution < 1.29 is 9.53 Å². The lowest BCUT2D eigenvalue weighted by Crippen LogP contribution is -2.42. The molecule has 0 saturated heterocycles. The first kappa shape index (κ1) is 12.1. The lowest BCUT2D eigenvalue weighted by atomic mass is 9.62. The van der Waals surface area contributed by atoms with Crippen LogP contribution in [0.15, 0.2) is 0 Å². The molecule has 2 saturated carbocycles. The van der Waals surface area contributed by atoms with Crippen LogP contribution in [0.5, 0.6) is 0 Å². The quantitative estimate of drug-likeness (QED) is 0.689. The molecule has 92 valence electrons. The van der Waals surface area contributed by atoms with Crippen molar-refractivity contribution in [1.29, 1.82) is 0 Å². The zero-order valence-corrected chi connectivity index (χ0v) is 10.7. The number of hydrogen-bond acceptors (Lipinski definition) is 2. The van der Waals surface area contributed by atoms with Gasteiger partial charge in [0, 0.05) is 13.0 Å². The highest BCUT2D eigenvalue weighted by molar-refractivity contribution is 5.53. The van der Waals surface area contributed by atoms with Crippen molar-refractivity contribution in [1.82, 2.24) is 0 Å². The molecule has 0 aromatic heterocycles. The predicted molar refractivity (Wildman–Crippen MR) is 64.2 cm³/mol. The summed E-state index contributed by atoms with van der Waals surface area (Å²) in [7, 11) is 1.84. The standard InChI is InChI=1S/C14H24O2/c1-10(9-15)11-6-7-12-13(16-3)5-4-8-14(11,12)2/h9-13H,4-8H2,1-3H3/t10-,11-,12?,13?,14-/m1/s1. The third kappa shape index (κ3) is 1.71. The van der Waals surface area contributed by atoms with E-state index in [9.17, 15) is 4.79 Å². The summed E-state index contributed by atoms with van der Waals surface area (Å²) < 4.78 is 5.64. The van der Waals surface area contributed by atoms with Crippen LogP contribution in [0.2, 0.25) is 0 Å². The predicted octanol–water partition coefficient (Wildman–Crippen LogP) is 3.05. The van der Waals surface area contributed by atoms with Gasteiger partial charge in [0.05, 0.1) is 6.10 Å². The van der Waals surface area contributed by atoms with E-state index in [1.807, 2.05) is 7.11 Å². The summed E-state index contributed by atoms with van der Waals surface area (Å²) >= 11 is 0. The molecule has 0 N–H and O–H groups in total. The number of fused-ring (bicyclic) bond motifs is 1. The molecule has 0 bridgehead atoms. The first-order chi connectivity index (χ1) is 7.63. The number of carbonyl (C=O) groups is 1. The molecule has 2 fully saturated rings. The van der Waals surface area contributed by atoms with Gasteiger partial charge in [-0.2, -0.15) is 0 Å². The van der Waals surface area contributed by atoms with E-state index in [2.05, 4.69) is 13.8 Å². The number of hydrogen-bond donors (Lipinski definition) is 0. The number of ether oxygens (including phenoxy) is 1. The van der Waals surface area contributed by atoms with E-state index in [1.165, 1.54) is 32.1 Å². The Balaban J connectivity index is 2.20. The van der Waals surface area contributed by atoms with Crippen molar-refractivity contribution in [3.05, 3.63) is 0 Å². The van der Waals surface area contributed by atoms with Gasteiger partial charge in [-0.1, -0.05) is 20.3 Å². The highest BCUT2D eigenvalue weighted by Crippen LogP contribution is 2.57. The van der Waals surface area contributed by atoms with Gasteiger partial charge in [-0.25, -0.2) is 0 Å². The number of rotatable bonds is 3. The van der Waals surface area contributed by atoms with Gasteiger partial charge in [0.1, 0.15) is 6.29 Å². The Morgan fingerprint density at radius 3 is 2.75 bits per heavy atom. The van der Waals surface area contributed by atoms with E-state index in [0.29, 0.717) is 23.4 Å². The van der Waals surface area contributed by atoms with Crippen molar-refractivity contribution in [2.24, 2.45) is 23.2 Å². The maximum atomic E-state index is 11.0. The molecule has 2 aliphatic carbocycles. The molecule has 0 aromatic rings. The number of methoxy groups -OCH3 is 1. The average Bonchev–Trinajstić information content (AvgIpc) is 2.64. The van der Waals surface area contributed by atoms with Crippen molar-refractivity contribution >= 4 is 6.29 Å². The summed E-state index contributed by atoms with van der Waals surface area (Å²) in [6.45, 7) is 4.47. The van der Waals surface area contributed by atoms with Crippen molar-refractivity contribution in [3.63, 3.8) is 0 Å². The fraction of sp³-hybridized carbons (Fsp3) is 0.929. The summed E-state index contributed by atoms with van der Waals surface area (Å²) in [6.07, 6.45) is 7.78. The monoisotopic (exact) mass is 224 g/mol. The molecule has 0 amide bonds. The summed E-state index contributed by atoms with van der Waals surface area (Å²) in [5.74, 6) is 1.47. The zero-order chi connectivity index (χ0) is 11.8. The first-order valence-electron chi connectivity index (χ1n) is 6.61. The highest BCUT2D eigenvalue weighted by Gasteiger charge is 2.52. The minimum atomic E-state index is 0.214. The largest absolute Gasteiger partial charge is 0.381 e. The van der Waals surface area contributed by atoms with Crippen LogP contribution in [0.25, 0.3) is 0 Å². The molecular formula is C14H24O2. The zero-order valence-electron chi connectivity index (χ0n) is 10.7. The van der Waals surface area contributed by atoms with Crippen LogP contribution in [0.4, 0.5) is 0 Å². The van der Waals surface area contributed by atoms with E-state index < -0.39 is 0 Å². The van der Waals surface area contributed by atoms with Crippen LogP contribution in [0.1, 0.15) is 46.0 Å². The number of carbonyl (C=O) groups excluding carboxylic acids is 1. The normalized spacial score (nSPS) is 45.1. The molecule has 0 aliphatic heterocycles. The SMILES string of the molecule is COC1CCC[C@@]2(C)C1CC[C@@H]2[C@H](C)C=O. The molecule has 2 unspecified atom stereocenters. The van der Waals surface area contributed by atoms with Gasteiger partial charge >= 0.3 is 0 Å². The molecule has 2 aliphatic rings. The van der Waals surface area contributed by atoms with Crippen LogP contribution >= 0.6 is 0 Å². The fourth-order valence-corrected chi connectivity index (χ4v) is 4.40. The smallest absolute Gasteiger partial charge is 0.123 e. The maximum Gasteiger partial charge on any atom is 0.123 e. The van der Waals surface area contributed by atoms with Gasteiger partial charge < -0.3 is 9.53 Å². The Morgan fingerprint density at radius 1 is 1.38 bits per heavy atom. The van der Waals surface area contributed by atoms with Gasteiger partial charge in [-0.3, -0.25) is 0 Å². The molecule has 0 spiro atoms. The molecule has 0 radical (unpaired) electrons. The minimum Gasteiger partial charge on any atom is -0.381 e. The van der Waals surface area contributed by atoms with E-state index in [1.54, 1.807) is 0 Å². The van der Waals surface area contributed by atoms with Gasteiger partial charge in [0.15, 0.2) is 0 Å². The molecule has 2 heteroatoms. The third-order valence-corrected chi connectivity index (χ3v) is 5.29. The summed E-state index contributed by atoms with van der Waals surface area (Å²) in [5.41, 5.74) is 0.346. The first-order valence-corrected chi connectivity index (χ1v) is 6.61. The molecular weight excluding hydrogens is 200 g/mol. The van der Waals surface area contributed by atoms with E-state index in [4.69, 9.17) is 4.74 Å². The lowest BCUT2D eigenvalue weighted by molar-refractivity contribution is -0.115. The van der Waals surface area contributed by atoms with Gasteiger partial charge in [-0.15, -0.1) is 0 Å². The Labute approximate surface area is 98.7 Å². The van der Waals surface area contributed by atoms with Gasteiger partial charge in [0.2, 0.25) is 0 Å². The number of aldehydes is 1. The molecule has 5 atom stereocenters. The van der Waals surface area contributed by atoms with Gasteiger partial charge in [-0.05, 0) is 42.9 Å². The Bertz CT molecular complexity index is 263. The van der Waals surface area contributed by atoms with Crippen LogP contribution in [-0.2, 0) is 9.53 Å². The average molecular weight is 224 g/mol. The lowest BCUT2D eigenvalue weighted by Gasteiger charge is -2.45. The van der Waals surface area contributed by atoms with Gasteiger partial charge in [0.25, 0.3) is 0 Å². The second-order valence-corrected chi connectivity index (χ2v) is 5.96. The molecule has 0 heterocycles.